The lowest BCUT2D eigenvalue weighted by atomic mass is 10.1. The van der Waals surface area contributed by atoms with E-state index in [0.29, 0.717) is 12.2 Å². The van der Waals surface area contributed by atoms with Crippen LogP contribution in [-0.4, -0.2) is 22.7 Å². The van der Waals surface area contributed by atoms with Crippen LogP contribution >= 0.6 is 0 Å². The van der Waals surface area contributed by atoms with Crippen molar-refractivity contribution in [2.45, 2.75) is 84.2 Å². The predicted molar refractivity (Wildman–Crippen MR) is 140 cm³/mol. The van der Waals surface area contributed by atoms with E-state index >= 15 is 0 Å². The number of rotatable bonds is 15. The summed E-state index contributed by atoms with van der Waals surface area (Å²) in [6.07, 6.45) is 13.9. The molecule has 4 heteroatoms. The fraction of sp³-hybridized carbons (Fsp3) is 0.467. The maximum atomic E-state index is 14.1. The molecular weight excluding hydrogens is 423 g/mol. The third kappa shape index (κ3) is 8.55. The highest BCUT2D eigenvalue weighted by atomic mass is 19.1. The SMILES string of the molecule is CCCCCCCCC(F)COc1ccc(-c2cnc(-c3ccc(CCCC)cc3)nc2)cc1. The number of aryl methyl sites for hydroxylation is 1. The maximum Gasteiger partial charge on any atom is 0.159 e. The topological polar surface area (TPSA) is 35.0 Å². The molecular formula is C30H39FN2O. The van der Waals surface area contributed by atoms with Gasteiger partial charge >= 0.3 is 0 Å². The standard InChI is InChI=1S/C30H39FN2O/c1-3-5-7-8-9-10-12-28(31)23-34-29-19-17-25(18-20-29)27-21-32-30(33-22-27)26-15-13-24(14-16-26)11-6-4-2/h13-22,28H,3-12,23H2,1-2H3. The van der Waals surface area contributed by atoms with E-state index in [9.17, 15) is 4.39 Å². The van der Waals surface area contributed by atoms with Crippen molar-refractivity contribution < 1.29 is 9.13 Å². The summed E-state index contributed by atoms with van der Waals surface area (Å²) in [4.78, 5) is 9.12. The van der Waals surface area contributed by atoms with E-state index < -0.39 is 6.17 Å². The number of aromatic nitrogens is 2. The molecule has 1 aromatic heterocycles. The van der Waals surface area contributed by atoms with Crippen LogP contribution in [0.15, 0.2) is 60.9 Å². The number of hydrogen-bond donors (Lipinski definition) is 0. The minimum absolute atomic E-state index is 0.114. The Kier molecular flexibility index (Phi) is 11.0. The first kappa shape index (κ1) is 25.9. The molecule has 3 nitrogen and oxygen atoms in total. The lowest BCUT2D eigenvalue weighted by Gasteiger charge is -2.11. The van der Waals surface area contributed by atoms with Crippen molar-refractivity contribution in [3.05, 3.63) is 66.5 Å². The van der Waals surface area contributed by atoms with Gasteiger partial charge in [0.15, 0.2) is 5.82 Å². The molecule has 0 aliphatic carbocycles. The lowest BCUT2D eigenvalue weighted by Crippen LogP contribution is -2.12. The second-order valence-corrected chi connectivity index (χ2v) is 9.08. The van der Waals surface area contributed by atoms with Crippen molar-refractivity contribution >= 4 is 0 Å². The molecule has 34 heavy (non-hydrogen) atoms. The zero-order valence-corrected chi connectivity index (χ0v) is 20.8. The van der Waals surface area contributed by atoms with E-state index in [1.54, 1.807) is 0 Å². The highest BCUT2D eigenvalue weighted by molar-refractivity contribution is 5.64. The van der Waals surface area contributed by atoms with Crippen LogP contribution in [0.25, 0.3) is 22.5 Å². The molecule has 0 amide bonds. The van der Waals surface area contributed by atoms with Crippen LogP contribution in [0.4, 0.5) is 4.39 Å². The Labute approximate surface area is 204 Å². The first-order valence-corrected chi connectivity index (χ1v) is 13.0. The average molecular weight is 463 g/mol. The number of benzene rings is 2. The summed E-state index contributed by atoms with van der Waals surface area (Å²) in [5, 5.41) is 0. The Hall–Kier alpha value is -2.75. The summed E-state index contributed by atoms with van der Waals surface area (Å²) >= 11 is 0. The van der Waals surface area contributed by atoms with Crippen LogP contribution in [0.5, 0.6) is 5.75 Å². The van der Waals surface area contributed by atoms with Gasteiger partial charge < -0.3 is 4.74 Å². The first-order chi connectivity index (χ1) is 16.7. The molecule has 3 aromatic rings. The van der Waals surface area contributed by atoms with E-state index in [0.717, 1.165) is 41.8 Å². The summed E-state index contributed by atoms with van der Waals surface area (Å²) in [5.74, 6) is 1.42. The summed E-state index contributed by atoms with van der Waals surface area (Å²) in [7, 11) is 0. The Morgan fingerprint density at radius 1 is 0.706 bits per heavy atom. The Bertz CT molecular complexity index is 939. The Morgan fingerprint density at radius 3 is 2.00 bits per heavy atom. The molecule has 0 bridgehead atoms. The van der Waals surface area contributed by atoms with E-state index in [2.05, 4.69) is 48.1 Å². The first-order valence-electron chi connectivity index (χ1n) is 13.0. The van der Waals surface area contributed by atoms with Gasteiger partial charge in [-0.15, -0.1) is 0 Å². The van der Waals surface area contributed by atoms with E-state index in [1.165, 1.54) is 44.1 Å². The average Bonchev–Trinajstić information content (AvgIpc) is 2.89. The fourth-order valence-electron chi connectivity index (χ4n) is 3.99. The number of halogens is 1. The number of nitrogens with zero attached hydrogens (tertiary/aromatic N) is 2. The van der Waals surface area contributed by atoms with Crippen molar-refractivity contribution in [2.75, 3.05) is 6.61 Å². The molecule has 0 saturated heterocycles. The van der Waals surface area contributed by atoms with Gasteiger partial charge in [0, 0.05) is 23.5 Å². The van der Waals surface area contributed by atoms with Gasteiger partial charge in [-0.25, -0.2) is 14.4 Å². The normalized spacial score (nSPS) is 12.0. The number of ether oxygens (including phenoxy) is 1. The number of alkyl halides is 1. The monoisotopic (exact) mass is 462 g/mol. The number of hydrogen-bond acceptors (Lipinski definition) is 3. The molecule has 2 aromatic carbocycles. The van der Waals surface area contributed by atoms with Crippen LogP contribution in [0.1, 0.15) is 77.2 Å². The molecule has 1 heterocycles. The van der Waals surface area contributed by atoms with Gasteiger partial charge in [0.25, 0.3) is 0 Å². The van der Waals surface area contributed by atoms with E-state index in [1.807, 2.05) is 36.7 Å². The van der Waals surface area contributed by atoms with Crippen molar-refractivity contribution in [3.63, 3.8) is 0 Å². The zero-order valence-electron chi connectivity index (χ0n) is 20.8. The highest BCUT2D eigenvalue weighted by Crippen LogP contribution is 2.24. The predicted octanol–water partition coefficient (Wildman–Crippen LogP) is 8.62. The Morgan fingerprint density at radius 2 is 1.32 bits per heavy atom. The minimum atomic E-state index is -0.910. The van der Waals surface area contributed by atoms with Crippen LogP contribution < -0.4 is 4.74 Å². The molecule has 0 spiro atoms. The third-order valence-electron chi connectivity index (χ3n) is 6.17. The second-order valence-electron chi connectivity index (χ2n) is 9.08. The van der Waals surface area contributed by atoms with E-state index in [4.69, 9.17) is 4.74 Å². The number of unbranched alkanes of at least 4 members (excludes halogenated alkanes) is 6. The van der Waals surface area contributed by atoms with Gasteiger partial charge in [-0.2, -0.15) is 0 Å². The van der Waals surface area contributed by atoms with Gasteiger partial charge in [0.2, 0.25) is 0 Å². The molecule has 0 fully saturated rings. The summed E-state index contributed by atoms with van der Waals surface area (Å²) in [6.45, 7) is 4.53. The smallest absolute Gasteiger partial charge is 0.159 e. The Balaban J connectivity index is 1.46. The molecule has 1 unspecified atom stereocenters. The molecule has 1 atom stereocenters. The quantitative estimate of drug-likeness (QED) is 0.212. The van der Waals surface area contributed by atoms with Crippen LogP contribution in [-0.2, 0) is 6.42 Å². The van der Waals surface area contributed by atoms with Crippen LogP contribution in [0.2, 0.25) is 0 Å². The largest absolute Gasteiger partial charge is 0.491 e. The second kappa shape index (κ2) is 14.5. The molecule has 182 valence electrons. The fourth-order valence-corrected chi connectivity index (χ4v) is 3.99. The zero-order chi connectivity index (χ0) is 24.0. The van der Waals surface area contributed by atoms with Crippen LogP contribution in [0, 0.1) is 0 Å². The molecule has 0 aliphatic rings. The molecule has 0 saturated carbocycles. The van der Waals surface area contributed by atoms with Gasteiger partial charge in [-0.05, 0) is 42.5 Å². The van der Waals surface area contributed by atoms with Crippen molar-refractivity contribution in [1.29, 1.82) is 0 Å². The molecule has 0 N–H and O–H groups in total. The van der Waals surface area contributed by atoms with Gasteiger partial charge in [-0.1, -0.05) is 95.2 Å². The van der Waals surface area contributed by atoms with Crippen molar-refractivity contribution in [1.82, 2.24) is 9.97 Å². The van der Waals surface area contributed by atoms with Gasteiger partial charge in [0.05, 0.1) is 0 Å². The minimum Gasteiger partial charge on any atom is -0.491 e. The van der Waals surface area contributed by atoms with E-state index in [-0.39, 0.29) is 6.61 Å². The summed E-state index contributed by atoms with van der Waals surface area (Å²) < 4.78 is 19.8. The molecule has 0 aliphatic heterocycles. The summed E-state index contributed by atoms with van der Waals surface area (Å²) in [5.41, 5.74) is 4.34. The highest BCUT2D eigenvalue weighted by Gasteiger charge is 2.08. The van der Waals surface area contributed by atoms with Crippen molar-refractivity contribution in [2.24, 2.45) is 0 Å². The molecule has 0 radical (unpaired) electrons. The van der Waals surface area contributed by atoms with Gasteiger partial charge in [-0.3, -0.25) is 0 Å². The third-order valence-corrected chi connectivity index (χ3v) is 6.17. The summed E-state index contributed by atoms with van der Waals surface area (Å²) in [6, 6.07) is 16.2. The van der Waals surface area contributed by atoms with Gasteiger partial charge in [0.1, 0.15) is 18.5 Å². The maximum absolute atomic E-state index is 14.1. The van der Waals surface area contributed by atoms with Crippen LogP contribution in [0.3, 0.4) is 0 Å². The molecule has 3 rings (SSSR count). The lowest BCUT2D eigenvalue weighted by molar-refractivity contribution is 0.184. The van der Waals surface area contributed by atoms with Crippen molar-refractivity contribution in [3.8, 4) is 28.3 Å².